The maximum Gasteiger partial charge on any atom is 0.336 e. The zero-order valence-electron chi connectivity index (χ0n) is 7.48. The number of hydrogen-bond acceptors (Lipinski definition) is 5. The average molecular weight is 201 g/mol. The maximum absolute atomic E-state index is 11.2. The normalized spacial score (nSPS) is 22.8. The number of hydrogen-bond donors (Lipinski definition) is 1. The molecule has 0 saturated carbocycles. The molecule has 6 heteroatoms. The molecule has 72 valence electrons. The zero-order valence-corrected chi connectivity index (χ0v) is 8.30. The molecule has 13 heavy (non-hydrogen) atoms. The molecule has 0 radical (unpaired) electrons. The van der Waals surface area contributed by atoms with Crippen LogP contribution in [0.1, 0.15) is 6.92 Å². The van der Waals surface area contributed by atoms with E-state index in [2.05, 4.69) is 15.1 Å². The lowest BCUT2D eigenvalue weighted by atomic mass is 10.2. The first-order chi connectivity index (χ1) is 6.20. The molecule has 0 aromatic heterocycles. The Labute approximate surface area is 80.4 Å². The van der Waals surface area contributed by atoms with Gasteiger partial charge in [0.1, 0.15) is 0 Å². The van der Waals surface area contributed by atoms with E-state index < -0.39 is 0 Å². The van der Waals surface area contributed by atoms with Gasteiger partial charge in [-0.25, -0.2) is 4.79 Å². The molecule has 0 aliphatic carbocycles. The van der Waals surface area contributed by atoms with E-state index in [1.807, 2.05) is 6.92 Å². The van der Waals surface area contributed by atoms with Gasteiger partial charge in [-0.1, -0.05) is 5.22 Å². The van der Waals surface area contributed by atoms with Crippen molar-refractivity contribution >= 4 is 17.7 Å². The van der Waals surface area contributed by atoms with Crippen molar-refractivity contribution < 1.29 is 9.53 Å². The first kappa shape index (κ1) is 10.0. The van der Waals surface area contributed by atoms with E-state index in [4.69, 9.17) is 5.84 Å². The van der Waals surface area contributed by atoms with Crippen molar-refractivity contribution in [2.24, 2.45) is 16.2 Å². The number of ether oxygens (including phenoxy) is 1. The SMILES string of the molecule is COC(=O)C1=C(N=NN)C(C)SC1. The number of nitrogens with two attached hydrogens (primary N) is 1. The van der Waals surface area contributed by atoms with Crippen molar-refractivity contribution in [2.45, 2.75) is 12.2 Å². The number of carbonyl (C=O) groups excluding carboxylic acids is 1. The van der Waals surface area contributed by atoms with E-state index >= 15 is 0 Å². The van der Waals surface area contributed by atoms with Gasteiger partial charge in [0.05, 0.1) is 18.4 Å². The maximum atomic E-state index is 11.2. The standard InChI is InChI=1S/C7H11N3O2S/c1-4-6(9-10-8)5(3-13-4)7(11)12-2/h4H,3H2,1-2H3,(H2,8,9). The molecule has 0 aromatic carbocycles. The van der Waals surface area contributed by atoms with Gasteiger partial charge in [0.2, 0.25) is 0 Å². The van der Waals surface area contributed by atoms with Gasteiger partial charge >= 0.3 is 5.97 Å². The summed E-state index contributed by atoms with van der Waals surface area (Å²) in [6.45, 7) is 1.95. The molecule has 0 spiro atoms. The van der Waals surface area contributed by atoms with Gasteiger partial charge in [0, 0.05) is 11.0 Å². The summed E-state index contributed by atoms with van der Waals surface area (Å²) in [7, 11) is 1.35. The Morgan fingerprint density at radius 1 is 1.77 bits per heavy atom. The van der Waals surface area contributed by atoms with Crippen molar-refractivity contribution in [3.05, 3.63) is 11.3 Å². The predicted molar refractivity (Wildman–Crippen MR) is 50.0 cm³/mol. The lowest BCUT2D eigenvalue weighted by molar-refractivity contribution is -0.136. The smallest absolute Gasteiger partial charge is 0.336 e. The van der Waals surface area contributed by atoms with Crippen LogP contribution in [0.5, 0.6) is 0 Å². The van der Waals surface area contributed by atoms with E-state index in [1.165, 1.54) is 7.11 Å². The molecule has 0 amide bonds. The minimum atomic E-state index is -0.348. The predicted octanol–water partition coefficient (Wildman–Crippen LogP) is 0.875. The highest BCUT2D eigenvalue weighted by Crippen LogP contribution is 2.33. The van der Waals surface area contributed by atoms with Crippen LogP contribution in [0.3, 0.4) is 0 Å². The second kappa shape index (κ2) is 4.27. The summed E-state index contributed by atoms with van der Waals surface area (Å²) < 4.78 is 4.61. The molecule has 1 heterocycles. The first-order valence-corrected chi connectivity index (χ1v) is 4.79. The van der Waals surface area contributed by atoms with Gasteiger partial charge in [-0.15, -0.1) is 16.9 Å². The number of esters is 1. The molecule has 0 saturated heterocycles. The Bertz CT molecular complexity index is 275. The zero-order chi connectivity index (χ0) is 9.84. The van der Waals surface area contributed by atoms with Gasteiger partial charge in [-0.05, 0) is 6.92 Å². The van der Waals surface area contributed by atoms with Crippen molar-refractivity contribution in [2.75, 3.05) is 12.9 Å². The van der Waals surface area contributed by atoms with Crippen molar-refractivity contribution in [3.63, 3.8) is 0 Å². The van der Waals surface area contributed by atoms with E-state index in [0.717, 1.165) is 0 Å². The van der Waals surface area contributed by atoms with Crippen LogP contribution in [-0.4, -0.2) is 24.1 Å². The molecular formula is C7H11N3O2S. The molecule has 2 N–H and O–H groups in total. The van der Waals surface area contributed by atoms with Crippen molar-refractivity contribution in [1.82, 2.24) is 0 Å². The average Bonchev–Trinajstić information content (AvgIpc) is 2.48. The third-order valence-electron chi connectivity index (χ3n) is 1.77. The molecule has 1 aliphatic heterocycles. The monoisotopic (exact) mass is 201 g/mol. The second-order valence-corrected chi connectivity index (χ2v) is 3.85. The minimum Gasteiger partial charge on any atom is -0.466 e. The number of carbonyl (C=O) groups is 1. The fraction of sp³-hybridized carbons (Fsp3) is 0.571. The van der Waals surface area contributed by atoms with E-state index in [0.29, 0.717) is 17.0 Å². The van der Waals surface area contributed by atoms with Gasteiger partial charge in [0.15, 0.2) is 0 Å². The quantitative estimate of drug-likeness (QED) is 0.311. The minimum absolute atomic E-state index is 0.154. The van der Waals surface area contributed by atoms with E-state index in [-0.39, 0.29) is 11.2 Å². The summed E-state index contributed by atoms with van der Waals surface area (Å²) in [5.41, 5.74) is 1.19. The fourth-order valence-electron chi connectivity index (χ4n) is 1.10. The van der Waals surface area contributed by atoms with E-state index in [9.17, 15) is 4.79 Å². The Morgan fingerprint density at radius 2 is 2.46 bits per heavy atom. The lowest BCUT2D eigenvalue weighted by Crippen LogP contribution is -2.07. The molecule has 1 rings (SSSR count). The number of nitrogens with zero attached hydrogens (tertiary/aromatic N) is 2. The van der Waals surface area contributed by atoms with Crippen molar-refractivity contribution in [3.8, 4) is 0 Å². The third kappa shape index (κ3) is 2.00. The molecule has 5 nitrogen and oxygen atoms in total. The van der Waals surface area contributed by atoms with Crippen LogP contribution in [0.25, 0.3) is 0 Å². The Kier molecular flexibility index (Phi) is 3.30. The highest BCUT2D eigenvalue weighted by atomic mass is 32.2. The summed E-state index contributed by atoms with van der Waals surface area (Å²) in [5.74, 6) is 5.20. The number of rotatable bonds is 2. The molecule has 0 bridgehead atoms. The number of methoxy groups -OCH3 is 1. The van der Waals surface area contributed by atoms with Crippen LogP contribution in [0.2, 0.25) is 0 Å². The van der Waals surface area contributed by atoms with Crippen LogP contribution < -0.4 is 5.84 Å². The van der Waals surface area contributed by atoms with Crippen LogP contribution in [-0.2, 0) is 9.53 Å². The van der Waals surface area contributed by atoms with Gasteiger partial charge in [-0.3, -0.25) is 0 Å². The Hall–Kier alpha value is -1.04. The third-order valence-corrected chi connectivity index (χ3v) is 2.95. The van der Waals surface area contributed by atoms with Gasteiger partial charge < -0.3 is 10.6 Å². The summed E-state index contributed by atoms with van der Waals surface area (Å²) in [5, 5.41) is 7.05. The molecule has 0 aromatic rings. The Balaban J connectivity index is 2.95. The van der Waals surface area contributed by atoms with Crippen LogP contribution in [0.15, 0.2) is 21.6 Å². The molecular weight excluding hydrogens is 190 g/mol. The highest BCUT2D eigenvalue weighted by molar-refractivity contribution is 8.00. The van der Waals surface area contributed by atoms with Gasteiger partial charge in [-0.2, -0.15) is 0 Å². The van der Waals surface area contributed by atoms with Crippen LogP contribution >= 0.6 is 11.8 Å². The lowest BCUT2D eigenvalue weighted by Gasteiger charge is -2.01. The van der Waals surface area contributed by atoms with Crippen molar-refractivity contribution in [1.29, 1.82) is 0 Å². The first-order valence-electron chi connectivity index (χ1n) is 3.74. The van der Waals surface area contributed by atoms with Crippen LogP contribution in [0, 0.1) is 0 Å². The summed E-state index contributed by atoms with van der Waals surface area (Å²) >= 11 is 1.61. The topological polar surface area (TPSA) is 77.0 Å². The molecule has 0 fully saturated rings. The summed E-state index contributed by atoms with van der Waals surface area (Å²) in [6.07, 6.45) is 0. The Morgan fingerprint density at radius 3 is 3.00 bits per heavy atom. The summed E-state index contributed by atoms with van der Waals surface area (Å²) in [6, 6.07) is 0. The van der Waals surface area contributed by atoms with E-state index in [1.54, 1.807) is 11.8 Å². The van der Waals surface area contributed by atoms with Gasteiger partial charge in [0.25, 0.3) is 0 Å². The fourth-order valence-corrected chi connectivity index (χ4v) is 2.13. The largest absolute Gasteiger partial charge is 0.466 e. The molecule has 1 atom stereocenters. The molecule has 1 aliphatic rings. The molecule has 1 unspecified atom stereocenters. The number of thioether (sulfide) groups is 1. The highest BCUT2D eigenvalue weighted by Gasteiger charge is 2.27. The second-order valence-electron chi connectivity index (χ2n) is 2.52. The summed E-state index contributed by atoms with van der Waals surface area (Å²) in [4.78, 5) is 11.2. The van der Waals surface area contributed by atoms with Crippen LogP contribution in [0.4, 0.5) is 0 Å².